The Hall–Kier alpha value is -2.11. The largest absolute Gasteiger partial charge is 0.477 e. The van der Waals surface area contributed by atoms with E-state index in [9.17, 15) is 9.90 Å². The van der Waals surface area contributed by atoms with Crippen molar-refractivity contribution in [2.45, 2.75) is 45.3 Å². The van der Waals surface area contributed by atoms with Crippen molar-refractivity contribution in [3.05, 3.63) is 58.9 Å². The SMILES string of the molecule is C[Si](C)(C)CCOCn1c(C(=O)O)cc2c1C(=Cc1ccccc1)CC2. The first-order valence-corrected chi connectivity index (χ1v) is 12.9. The Balaban J connectivity index is 1.86. The molecule has 4 nitrogen and oxygen atoms in total. The summed E-state index contributed by atoms with van der Waals surface area (Å²) in [4.78, 5) is 11.7. The van der Waals surface area contributed by atoms with Crippen LogP contribution in [-0.2, 0) is 17.9 Å². The molecule has 1 heterocycles. The summed E-state index contributed by atoms with van der Waals surface area (Å²) in [5.74, 6) is -0.896. The molecule has 26 heavy (non-hydrogen) atoms. The number of nitrogens with zero attached hydrogens (tertiary/aromatic N) is 1. The van der Waals surface area contributed by atoms with Gasteiger partial charge in [0.15, 0.2) is 0 Å². The first-order chi connectivity index (χ1) is 12.3. The Morgan fingerprint density at radius 1 is 1.23 bits per heavy atom. The number of hydrogen-bond donors (Lipinski definition) is 1. The van der Waals surface area contributed by atoms with Crippen LogP contribution in [0.15, 0.2) is 36.4 Å². The van der Waals surface area contributed by atoms with Crippen molar-refractivity contribution in [3.63, 3.8) is 0 Å². The standard InChI is InChI=1S/C21H27NO3Si/c1-26(2,3)12-11-25-15-22-19(21(23)24)14-18-10-9-17(20(18)22)13-16-7-5-4-6-8-16/h4-8,13-14H,9-12,15H2,1-3H3,(H,23,24). The molecule has 2 aromatic rings. The zero-order chi connectivity index (χ0) is 18.7. The molecule has 5 heteroatoms. The number of carbonyl (C=O) groups is 1. The van der Waals surface area contributed by atoms with Gasteiger partial charge < -0.3 is 14.4 Å². The third-order valence-corrected chi connectivity index (χ3v) is 6.42. The molecule has 1 aromatic heterocycles. The molecular weight excluding hydrogens is 342 g/mol. The molecule has 1 aliphatic carbocycles. The molecule has 0 bridgehead atoms. The van der Waals surface area contributed by atoms with Crippen molar-refractivity contribution in [1.29, 1.82) is 0 Å². The van der Waals surface area contributed by atoms with Gasteiger partial charge in [-0.1, -0.05) is 50.0 Å². The fourth-order valence-corrected chi connectivity index (χ4v) is 4.06. The van der Waals surface area contributed by atoms with Crippen molar-refractivity contribution >= 4 is 25.7 Å². The third-order valence-electron chi connectivity index (χ3n) is 4.72. The maximum absolute atomic E-state index is 11.7. The van der Waals surface area contributed by atoms with E-state index < -0.39 is 14.0 Å². The Morgan fingerprint density at radius 3 is 2.62 bits per heavy atom. The van der Waals surface area contributed by atoms with Gasteiger partial charge in [0, 0.05) is 14.7 Å². The summed E-state index contributed by atoms with van der Waals surface area (Å²) in [6, 6.07) is 13.1. The fraction of sp³-hybridized carbons (Fsp3) is 0.381. The van der Waals surface area contributed by atoms with Gasteiger partial charge in [-0.2, -0.15) is 0 Å². The number of ether oxygens (including phenoxy) is 1. The predicted octanol–water partition coefficient (Wildman–Crippen LogP) is 4.99. The van der Waals surface area contributed by atoms with Crippen molar-refractivity contribution in [2.75, 3.05) is 6.61 Å². The van der Waals surface area contributed by atoms with Crippen LogP contribution in [0.5, 0.6) is 0 Å². The van der Waals surface area contributed by atoms with Crippen LogP contribution in [0.25, 0.3) is 11.6 Å². The number of carboxylic acid groups (broad SMARTS) is 1. The average molecular weight is 370 g/mol. The lowest BCUT2D eigenvalue weighted by atomic mass is 10.1. The van der Waals surface area contributed by atoms with Gasteiger partial charge in [-0.25, -0.2) is 4.79 Å². The number of aromatic nitrogens is 1. The first-order valence-electron chi connectivity index (χ1n) is 9.14. The molecule has 3 rings (SSSR count). The number of aryl methyl sites for hydroxylation is 1. The van der Waals surface area contributed by atoms with Gasteiger partial charge in [0.1, 0.15) is 12.4 Å². The normalized spacial score (nSPS) is 15.4. The van der Waals surface area contributed by atoms with Crippen LogP contribution in [0.1, 0.15) is 33.7 Å². The van der Waals surface area contributed by atoms with Crippen LogP contribution in [0.4, 0.5) is 0 Å². The zero-order valence-corrected chi connectivity index (χ0v) is 16.8. The van der Waals surface area contributed by atoms with Gasteiger partial charge in [-0.15, -0.1) is 0 Å². The molecule has 0 unspecified atom stereocenters. The summed E-state index contributed by atoms with van der Waals surface area (Å²) in [6.45, 7) is 7.92. The van der Waals surface area contributed by atoms with Crippen molar-refractivity contribution < 1.29 is 14.6 Å². The van der Waals surface area contributed by atoms with E-state index in [0.29, 0.717) is 19.0 Å². The molecular formula is C21H27NO3Si. The lowest BCUT2D eigenvalue weighted by molar-refractivity contribution is 0.0621. The molecule has 0 aliphatic heterocycles. The number of fused-ring (bicyclic) bond motifs is 1. The van der Waals surface area contributed by atoms with Crippen molar-refractivity contribution in [1.82, 2.24) is 4.57 Å². The molecule has 0 spiro atoms. The summed E-state index contributed by atoms with van der Waals surface area (Å²) in [5.41, 5.74) is 4.78. The third kappa shape index (κ3) is 4.34. The van der Waals surface area contributed by atoms with E-state index in [1.807, 2.05) is 28.8 Å². The predicted molar refractivity (Wildman–Crippen MR) is 108 cm³/mol. The quantitative estimate of drug-likeness (QED) is 0.553. The average Bonchev–Trinajstić information content (AvgIpc) is 3.12. The number of benzene rings is 1. The van der Waals surface area contributed by atoms with Gasteiger partial charge in [-0.3, -0.25) is 0 Å². The summed E-state index contributed by atoms with van der Waals surface area (Å²) < 4.78 is 7.71. The molecule has 0 saturated heterocycles. The minimum absolute atomic E-state index is 0.299. The highest BCUT2D eigenvalue weighted by atomic mass is 28.3. The van der Waals surface area contributed by atoms with Crippen LogP contribution < -0.4 is 0 Å². The number of carboxylic acids is 1. The Labute approximate surface area is 156 Å². The maximum atomic E-state index is 11.7. The summed E-state index contributed by atoms with van der Waals surface area (Å²) in [7, 11) is -1.16. The second-order valence-electron chi connectivity index (χ2n) is 8.06. The van der Waals surface area contributed by atoms with Gasteiger partial charge in [0.2, 0.25) is 0 Å². The molecule has 1 aliphatic rings. The summed E-state index contributed by atoms with van der Waals surface area (Å²) >= 11 is 0. The Morgan fingerprint density at radius 2 is 1.96 bits per heavy atom. The van der Waals surface area contributed by atoms with Crippen LogP contribution >= 0.6 is 0 Å². The number of rotatable bonds is 7. The summed E-state index contributed by atoms with van der Waals surface area (Å²) in [5, 5.41) is 9.60. The topological polar surface area (TPSA) is 51.5 Å². The minimum Gasteiger partial charge on any atom is -0.477 e. The second-order valence-corrected chi connectivity index (χ2v) is 13.7. The van der Waals surface area contributed by atoms with Crippen LogP contribution in [0.2, 0.25) is 25.7 Å². The van der Waals surface area contributed by atoms with E-state index in [1.54, 1.807) is 0 Å². The fourth-order valence-electron chi connectivity index (χ4n) is 3.30. The van der Waals surface area contributed by atoms with E-state index in [1.165, 1.54) is 5.57 Å². The molecule has 0 atom stereocenters. The van der Waals surface area contributed by atoms with Crippen molar-refractivity contribution in [2.24, 2.45) is 0 Å². The van der Waals surface area contributed by atoms with Crippen LogP contribution in [0, 0.1) is 0 Å². The minimum atomic E-state index is -1.16. The van der Waals surface area contributed by atoms with Gasteiger partial charge in [0.25, 0.3) is 0 Å². The zero-order valence-electron chi connectivity index (χ0n) is 15.8. The highest BCUT2D eigenvalue weighted by molar-refractivity contribution is 6.76. The molecule has 0 saturated carbocycles. The highest BCUT2D eigenvalue weighted by Gasteiger charge is 2.26. The van der Waals surface area contributed by atoms with Gasteiger partial charge in [-0.05, 0) is 47.7 Å². The monoisotopic (exact) mass is 369 g/mol. The van der Waals surface area contributed by atoms with Crippen LogP contribution in [-0.4, -0.2) is 30.3 Å². The Bertz CT molecular complexity index is 816. The van der Waals surface area contributed by atoms with E-state index in [-0.39, 0.29) is 0 Å². The molecule has 1 N–H and O–H groups in total. The molecule has 1 aromatic carbocycles. The van der Waals surface area contributed by atoms with Crippen LogP contribution in [0.3, 0.4) is 0 Å². The van der Waals surface area contributed by atoms with E-state index in [2.05, 4.69) is 37.8 Å². The van der Waals surface area contributed by atoms with Gasteiger partial charge >= 0.3 is 5.97 Å². The maximum Gasteiger partial charge on any atom is 0.352 e. The Kier molecular flexibility index (Phi) is 5.49. The van der Waals surface area contributed by atoms with E-state index >= 15 is 0 Å². The lowest BCUT2D eigenvalue weighted by Gasteiger charge is -2.17. The van der Waals surface area contributed by atoms with Crippen molar-refractivity contribution in [3.8, 4) is 0 Å². The van der Waals surface area contributed by atoms with E-state index in [0.717, 1.165) is 35.7 Å². The highest BCUT2D eigenvalue weighted by Crippen LogP contribution is 2.36. The van der Waals surface area contributed by atoms with E-state index in [4.69, 9.17) is 4.74 Å². The smallest absolute Gasteiger partial charge is 0.352 e. The first kappa shape index (κ1) is 18.7. The molecule has 0 fully saturated rings. The van der Waals surface area contributed by atoms with Gasteiger partial charge in [0.05, 0.1) is 5.69 Å². The number of aromatic carboxylic acids is 1. The molecule has 138 valence electrons. The second kappa shape index (κ2) is 7.64. The number of allylic oxidation sites excluding steroid dienone is 1. The lowest BCUT2D eigenvalue weighted by Crippen LogP contribution is -2.22. The summed E-state index contributed by atoms with van der Waals surface area (Å²) in [6.07, 6.45) is 3.99. The molecule has 0 radical (unpaired) electrons. The number of hydrogen-bond acceptors (Lipinski definition) is 2. The molecule has 0 amide bonds.